The first-order valence-corrected chi connectivity index (χ1v) is 5.78. The van der Waals surface area contributed by atoms with Crippen LogP contribution in [-0.2, 0) is 19.5 Å². The Hall–Kier alpha value is -1.00. The standard InChI is InChI=1S/C10H12Cl2N4/c1-7-8(10(12)15(2)14-7)6-16-4-3-13-9(16)5-11/h3-4H,5-6H2,1-2H3. The number of alkyl halides is 1. The highest BCUT2D eigenvalue weighted by molar-refractivity contribution is 6.30. The van der Waals surface area contributed by atoms with E-state index in [9.17, 15) is 0 Å². The fourth-order valence-electron chi connectivity index (χ4n) is 1.64. The van der Waals surface area contributed by atoms with E-state index < -0.39 is 0 Å². The predicted octanol–water partition coefficient (Wildman–Crippen LogP) is 2.37. The molecule has 0 saturated heterocycles. The lowest BCUT2D eigenvalue weighted by molar-refractivity contribution is 0.747. The van der Waals surface area contributed by atoms with Gasteiger partial charge in [-0.15, -0.1) is 11.6 Å². The summed E-state index contributed by atoms with van der Waals surface area (Å²) < 4.78 is 3.65. The second-order valence-corrected chi connectivity index (χ2v) is 4.21. The Balaban J connectivity index is 2.34. The van der Waals surface area contributed by atoms with E-state index in [2.05, 4.69) is 10.1 Å². The molecule has 0 aliphatic carbocycles. The molecule has 2 rings (SSSR count). The van der Waals surface area contributed by atoms with Crippen molar-refractivity contribution in [2.24, 2.45) is 7.05 Å². The second kappa shape index (κ2) is 4.47. The average Bonchev–Trinajstić information content (AvgIpc) is 2.79. The molecule has 4 nitrogen and oxygen atoms in total. The lowest BCUT2D eigenvalue weighted by Crippen LogP contribution is -2.03. The molecule has 0 bridgehead atoms. The van der Waals surface area contributed by atoms with Crippen molar-refractivity contribution in [3.05, 3.63) is 34.6 Å². The zero-order chi connectivity index (χ0) is 11.7. The van der Waals surface area contributed by atoms with Crippen LogP contribution < -0.4 is 0 Å². The molecule has 0 aliphatic rings. The van der Waals surface area contributed by atoms with Crippen molar-refractivity contribution in [1.29, 1.82) is 0 Å². The molecule has 0 N–H and O–H groups in total. The maximum Gasteiger partial charge on any atom is 0.131 e. The van der Waals surface area contributed by atoms with Crippen LogP contribution in [0.1, 0.15) is 17.1 Å². The summed E-state index contributed by atoms with van der Waals surface area (Å²) in [5.74, 6) is 1.23. The topological polar surface area (TPSA) is 35.6 Å². The van der Waals surface area contributed by atoms with Gasteiger partial charge in [-0.3, -0.25) is 4.68 Å². The first-order valence-electron chi connectivity index (χ1n) is 4.87. The summed E-state index contributed by atoms with van der Waals surface area (Å²) in [6, 6.07) is 0. The van der Waals surface area contributed by atoms with Crippen molar-refractivity contribution in [2.45, 2.75) is 19.3 Å². The highest BCUT2D eigenvalue weighted by Crippen LogP contribution is 2.20. The fourth-order valence-corrected chi connectivity index (χ4v) is 2.10. The molecule has 2 aromatic heterocycles. The number of imidazole rings is 1. The van der Waals surface area contributed by atoms with Gasteiger partial charge in [-0.25, -0.2) is 4.98 Å². The van der Waals surface area contributed by atoms with Crippen LogP contribution in [0.15, 0.2) is 12.4 Å². The van der Waals surface area contributed by atoms with Crippen molar-refractivity contribution >= 4 is 23.2 Å². The molecule has 2 heterocycles. The maximum absolute atomic E-state index is 6.16. The first kappa shape index (κ1) is 11.5. The van der Waals surface area contributed by atoms with Crippen molar-refractivity contribution in [3.8, 4) is 0 Å². The Kier molecular flexibility index (Phi) is 3.21. The van der Waals surface area contributed by atoms with Crippen LogP contribution in [0.4, 0.5) is 0 Å². The van der Waals surface area contributed by atoms with Gasteiger partial charge in [-0.1, -0.05) is 11.6 Å². The molecule has 0 fully saturated rings. The molecule has 0 aliphatic heterocycles. The van der Waals surface area contributed by atoms with Crippen LogP contribution in [0.3, 0.4) is 0 Å². The van der Waals surface area contributed by atoms with E-state index in [1.807, 2.05) is 24.7 Å². The summed E-state index contributed by atoms with van der Waals surface area (Å²) in [5.41, 5.74) is 1.94. The van der Waals surface area contributed by atoms with Crippen LogP contribution in [-0.4, -0.2) is 19.3 Å². The Bertz CT molecular complexity index is 501. The normalized spacial score (nSPS) is 11.0. The highest BCUT2D eigenvalue weighted by atomic mass is 35.5. The number of rotatable bonds is 3. The van der Waals surface area contributed by atoms with Crippen LogP contribution in [0.25, 0.3) is 0 Å². The monoisotopic (exact) mass is 258 g/mol. The van der Waals surface area contributed by atoms with Gasteiger partial charge in [0.25, 0.3) is 0 Å². The molecular formula is C10H12Cl2N4. The van der Waals surface area contributed by atoms with Gasteiger partial charge in [0, 0.05) is 25.0 Å². The van der Waals surface area contributed by atoms with E-state index in [0.29, 0.717) is 17.6 Å². The molecule has 0 radical (unpaired) electrons. The molecular weight excluding hydrogens is 247 g/mol. The SMILES string of the molecule is Cc1nn(C)c(Cl)c1Cn1ccnc1CCl. The van der Waals surface area contributed by atoms with Gasteiger partial charge in [0.2, 0.25) is 0 Å². The highest BCUT2D eigenvalue weighted by Gasteiger charge is 2.12. The van der Waals surface area contributed by atoms with E-state index in [1.54, 1.807) is 10.9 Å². The van der Waals surface area contributed by atoms with E-state index in [4.69, 9.17) is 23.2 Å². The summed E-state index contributed by atoms with van der Waals surface area (Å²) >= 11 is 11.9. The number of hydrogen-bond donors (Lipinski definition) is 0. The zero-order valence-corrected chi connectivity index (χ0v) is 10.6. The summed E-state index contributed by atoms with van der Waals surface area (Å²) in [7, 11) is 1.83. The Morgan fingerprint density at radius 1 is 1.44 bits per heavy atom. The van der Waals surface area contributed by atoms with Crippen LogP contribution >= 0.6 is 23.2 Å². The first-order chi connectivity index (χ1) is 7.63. The largest absolute Gasteiger partial charge is 0.329 e. The number of aromatic nitrogens is 4. The van der Waals surface area contributed by atoms with Gasteiger partial charge < -0.3 is 4.57 Å². The van der Waals surface area contributed by atoms with E-state index in [1.165, 1.54) is 0 Å². The third-order valence-corrected chi connectivity index (χ3v) is 3.23. The van der Waals surface area contributed by atoms with Gasteiger partial charge in [-0.05, 0) is 6.92 Å². The molecule has 16 heavy (non-hydrogen) atoms. The van der Waals surface area contributed by atoms with Gasteiger partial charge in [0.1, 0.15) is 11.0 Å². The molecule has 6 heteroatoms. The number of aryl methyl sites for hydroxylation is 2. The van der Waals surface area contributed by atoms with Crippen LogP contribution in [0.2, 0.25) is 5.15 Å². The minimum atomic E-state index is 0.393. The molecule has 0 unspecified atom stereocenters. The van der Waals surface area contributed by atoms with Crippen molar-refractivity contribution in [2.75, 3.05) is 0 Å². The Morgan fingerprint density at radius 2 is 2.19 bits per heavy atom. The molecule has 0 amide bonds. The number of hydrogen-bond acceptors (Lipinski definition) is 2. The van der Waals surface area contributed by atoms with E-state index >= 15 is 0 Å². The van der Waals surface area contributed by atoms with Gasteiger partial charge in [0.15, 0.2) is 0 Å². The summed E-state index contributed by atoms with van der Waals surface area (Å²) in [4.78, 5) is 4.16. The summed E-state index contributed by atoms with van der Waals surface area (Å²) in [5, 5.41) is 4.92. The molecule has 0 atom stereocenters. The number of halogens is 2. The Morgan fingerprint density at radius 3 is 2.75 bits per heavy atom. The van der Waals surface area contributed by atoms with E-state index in [0.717, 1.165) is 17.1 Å². The van der Waals surface area contributed by atoms with Crippen molar-refractivity contribution < 1.29 is 0 Å². The van der Waals surface area contributed by atoms with Gasteiger partial charge in [-0.2, -0.15) is 5.10 Å². The lowest BCUT2D eigenvalue weighted by atomic mass is 10.2. The second-order valence-electron chi connectivity index (χ2n) is 3.58. The summed E-state index contributed by atoms with van der Waals surface area (Å²) in [6.45, 7) is 2.60. The van der Waals surface area contributed by atoms with Crippen LogP contribution in [0.5, 0.6) is 0 Å². The third-order valence-electron chi connectivity index (χ3n) is 2.52. The molecule has 86 valence electrons. The zero-order valence-electron chi connectivity index (χ0n) is 9.11. The van der Waals surface area contributed by atoms with Crippen molar-refractivity contribution in [1.82, 2.24) is 19.3 Å². The third kappa shape index (κ3) is 1.95. The lowest BCUT2D eigenvalue weighted by Gasteiger charge is -2.05. The molecule has 0 spiro atoms. The minimum absolute atomic E-state index is 0.393. The van der Waals surface area contributed by atoms with Crippen molar-refractivity contribution in [3.63, 3.8) is 0 Å². The van der Waals surface area contributed by atoms with Gasteiger partial charge >= 0.3 is 0 Å². The Labute approximate surface area is 104 Å². The number of nitrogens with zero attached hydrogens (tertiary/aromatic N) is 4. The molecule has 0 aromatic carbocycles. The quantitative estimate of drug-likeness (QED) is 0.793. The average molecular weight is 259 g/mol. The minimum Gasteiger partial charge on any atom is -0.329 e. The summed E-state index contributed by atoms with van der Waals surface area (Å²) in [6.07, 6.45) is 3.62. The molecule has 0 saturated carbocycles. The molecule has 2 aromatic rings. The van der Waals surface area contributed by atoms with Crippen LogP contribution in [0, 0.1) is 6.92 Å². The van der Waals surface area contributed by atoms with E-state index in [-0.39, 0.29) is 0 Å². The fraction of sp³-hybridized carbons (Fsp3) is 0.400. The predicted molar refractivity (Wildman–Crippen MR) is 63.8 cm³/mol. The smallest absolute Gasteiger partial charge is 0.131 e. The maximum atomic E-state index is 6.16. The van der Waals surface area contributed by atoms with Gasteiger partial charge in [0.05, 0.1) is 18.1 Å².